The van der Waals surface area contributed by atoms with Gasteiger partial charge in [0.15, 0.2) is 0 Å². The normalized spacial score (nSPS) is 33.5. The van der Waals surface area contributed by atoms with Gasteiger partial charge < -0.3 is 9.88 Å². The van der Waals surface area contributed by atoms with Gasteiger partial charge in [-0.3, -0.25) is 0 Å². The molecule has 3 heterocycles. The summed E-state index contributed by atoms with van der Waals surface area (Å²) in [5.41, 5.74) is 1.41. The number of rotatable bonds is 2. The lowest BCUT2D eigenvalue weighted by atomic mass is 9.97. The summed E-state index contributed by atoms with van der Waals surface area (Å²) >= 11 is 2.09. The molecule has 3 nitrogen and oxygen atoms in total. The van der Waals surface area contributed by atoms with Gasteiger partial charge in [-0.25, -0.2) is 4.98 Å². The van der Waals surface area contributed by atoms with Gasteiger partial charge in [-0.2, -0.15) is 11.8 Å². The SMILES string of the molecule is CC1CCCC(c2cncn2C2CCCSC2)N1. The van der Waals surface area contributed by atoms with Crippen LogP contribution in [0, 0.1) is 0 Å². The Bertz CT molecular complexity index is 384. The largest absolute Gasteiger partial charge is 0.329 e. The smallest absolute Gasteiger partial charge is 0.0951 e. The number of hydrogen-bond acceptors (Lipinski definition) is 3. The van der Waals surface area contributed by atoms with E-state index < -0.39 is 0 Å². The van der Waals surface area contributed by atoms with Crippen molar-refractivity contribution >= 4 is 11.8 Å². The molecular weight excluding hydrogens is 242 g/mol. The Balaban J connectivity index is 1.77. The predicted octanol–water partition coefficient (Wildman–Crippen LogP) is 3.15. The summed E-state index contributed by atoms with van der Waals surface area (Å²) in [5.74, 6) is 2.59. The maximum Gasteiger partial charge on any atom is 0.0951 e. The van der Waals surface area contributed by atoms with Crippen molar-refractivity contribution in [1.29, 1.82) is 0 Å². The Kier molecular flexibility index (Phi) is 3.94. The molecule has 100 valence electrons. The first-order valence-electron chi connectivity index (χ1n) is 7.20. The Morgan fingerprint density at radius 1 is 1.33 bits per heavy atom. The third-order valence-corrected chi connectivity index (χ3v) is 5.40. The summed E-state index contributed by atoms with van der Waals surface area (Å²) < 4.78 is 2.45. The highest BCUT2D eigenvalue weighted by atomic mass is 32.2. The van der Waals surface area contributed by atoms with E-state index in [9.17, 15) is 0 Å². The molecule has 0 saturated carbocycles. The Hall–Kier alpha value is -0.480. The summed E-state index contributed by atoms with van der Waals surface area (Å²) in [7, 11) is 0. The minimum atomic E-state index is 0.517. The Morgan fingerprint density at radius 3 is 3.06 bits per heavy atom. The highest BCUT2D eigenvalue weighted by molar-refractivity contribution is 7.99. The monoisotopic (exact) mass is 265 g/mol. The van der Waals surface area contributed by atoms with Crippen LogP contribution >= 0.6 is 11.8 Å². The molecule has 2 aliphatic rings. The van der Waals surface area contributed by atoms with Crippen LogP contribution in [0.15, 0.2) is 12.5 Å². The van der Waals surface area contributed by atoms with Gasteiger partial charge in [0.2, 0.25) is 0 Å². The molecule has 0 amide bonds. The quantitative estimate of drug-likeness (QED) is 0.891. The minimum absolute atomic E-state index is 0.517. The fraction of sp³-hybridized carbons (Fsp3) is 0.786. The average molecular weight is 265 g/mol. The van der Waals surface area contributed by atoms with E-state index in [1.807, 2.05) is 6.33 Å². The van der Waals surface area contributed by atoms with Crippen molar-refractivity contribution < 1.29 is 0 Å². The molecule has 4 heteroatoms. The van der Waals surface area contributed by atoms with E-state index in [1.54, 1.807) is 0 Å². The van der Waals surface area contributed by atoms with Crippen LogP contribution in [0.1, 0.15) is 56.8 Å². The van der Waals surface area contributed by atoms with Gasteiger partial charge in [0.05, 0.1) is 12.0 Å². The van der Waals surface area contributed by atoms with Gasteiger partial charge in [0.1, 0.15) is 0 Å². The molecule has 3 unspecified atom stereocenters. The van der Waals surface area contributed by atoms with Crippen LogP contribution in [0.25, 0.3) is 0 Å². The van der Waals surface area contributed by atoms with Gasteiger partial charge in [-0.05, 0) is 44.8 Å². The van der Waals surface area contributed by atoms with E-state index in [4.69, 9.17) is 0 Å². The van der Waals surface area contributed by atoms with Crippen molar-refractivity contribution in [2.75, 3.05) is 11.5 Å². The molecule has 0 aromatic carbocycles. The second-order valence-corrected chi connectivity index (χ2v) is 6.80. The van der Waals surface area contributed by atoms with Gasteiger partial charge in [0.25, 0.3) is 0 Å². The van der Waals surface area contributed by atoms with Crippen molar-refractivity contribution in [3.63, 3.8) is 0 Å². The first-order chi connectivity index (χ1) is 8.84. The summed E-state index contributed by atoms with van der Waals surface area (Å²) in [6.45, 7) is 2.29. The molecule has 1 N–H and O–H groups in total. The van der Waals surface area contributed by atoms with Crippen LogP contribution in [0.2, 0.25) is 0 Å². The lowest BCUT2D eigenvalue weighted by Crippen LogP contribution is -2.36. The summed E-state index contributed by atoms with van der Waals surface area (Å²) in [6, 6.07) is 1.83. The fourth-order valence-electron chi connectivity index (χ4n) is 3.20. The van der Waals surface area contributed by atoms with Crippen LogP contribution in [-0.4, -0.2) is 27.1 Å². The van der Waals surface area contributed by atoms with Gasteiger partial charge in [0, 0.05) is 30.1 Å². The lowest BCUT2D eigenvalue weighted by Gasteiger charge is -2.32. The van der Waals surface area contributed by atoms with Crippen LogP contribution < -0.4 is 5.32 Å². The Morgan fingerprint density at radius 2 is 2.28 bits per heavy atom. The number of piperidine rings is 1. The van der Waals surface area contributed by atoms with Gasteiger partial charge in [-0.15, -0.1) is 0 Å². The maximum absolute atomic E-state index is 4.41. The number of aromatic nitrogens is 2. The molecule has 0 bridgehead atoms. The van der Waals surface area contributed by atoms with E-state index in [0.717, 1.165) is 0 Å². The molecule has 1 aromatic rings. The van der Waals surface area contributed by atoms with Crippen molar-refractivity contribution in [2.24, 2.45) is 0 Å². The van der Waals surface area contributed by atoms with Crippen LogP contribution in [0.4, 0.5) is 0 Å². The molecule has 0 aliphatic carbocycles. The van der Waals surface area contributed by atoms with E-state index in [2.05, 4.69) is 39.8 Å². The van der Waals surface area contributed by atoms with Gasteiger partial charge >= 0.3 is 0 Å². The number of imidazole rings is 1. The predicted molar refractivity (Wildman–Crippen MR) is 77.0 cm³/mol. The minimum Gasteiger partial charge on any atom is -0.329 e. The summed E-state index contributed by atoms with van der Waals surface area (Å²) in [4.78, 5) is 4.41. The van der Waals surface area contributed by atoms with Crippen LogP contribution in [-0.2, 0) is 0 Å². The highest BCUT2D eigenvalue weighted by Crippen LogP contribution is 2.32. The molecule has 2 saturated heterocycles. The number of nitrogens with zero attached hydrogens (tertiary/aromatic N) is 2. The van der Waals surface area contributed by atoms with Crippen molar-refractivity contribution in [2.45, 2.75) is 57.2 Å². The van der Waals surface area contributed by atoms with E-state index >= 15 is 0 Å². The first kappa shape index (κ1) is 12.5. The van der Waals surface area contributed by atoms with Crippen LogP contribution in [0.5, 0.6) is 0 Å². The van der Waals surface area contributed by atoms with E-state index in [-0.39, 0.29) is 0 Å². The second kappa shape index (κ2) is 5.66. The number of thioether (sulfide) groups is 1. The number of hydrogen-bond donors (Lipinski definition) is 1. The Labute approximate surface area is 114 Å². The number of nitrogens with one attached hydrogen (secondary N) is 1. The molecule has 2 aliphatic heterocycles. The standard InChI is InChI=1S/C14H23N3S/c1-11-4-2-6-13(16-11)14-8-15-10-17(14)12-5-3-7-18-9-12/h8,10-13,16H,2-7,9H2,1H3. The van der Waals surface area contributed by atoms with Crippen LogP contribution in [0.3, 0.4) is 0 Å². The average Bonchev–Trinajstić information content (AvgIpc) is 2.89. The maximum atomic E-state index is 4.41. The van der Waals surface area contributed by atoms with Gasteiger partial charge in [-0.1, -0.05) is 0 Å². The fourth-order valence-corrected chi connectivity index (χ4v) is 4.34. The zero-order valence-corrected chi connectivity index (χ0v) is 12.0. The molecule has 0 spiro atoms. The lowest BCUT2D eigenvalue weighted by molar-refractivity contribution is 0.322. The van der Waals surface area contributed by atoms with E-state index in [1.165, 1.54) is 49.3 Å². The molecule has 2 fully saturated rings. The zero-order valence-electron chi connectivity index (χ0n) is 11.1. The summed E-state index contributed by atoms with van der Waals surface area (Å²) in [6.07, 6.45) is 10.7. The highest BCUT2D eigenvalue weighted by Gasteiger charge is 2.25. The molecule has 0 radical (unpaired) electrons. The molecule has 3 atom stereocenters. The topological polar surface area (TPSA) is 29.9 Å². The molecule has 18 heavy (non-hydrogen) atoms. The van der Waals surface area contributed by atoms with Crippen molar-refractivity contribution in [1.82, 2.24) is 14.9 Å². The summed E-state index contributed by atoms with van der Waals surface area (Å²) in [5, 5.41) is 3.73. The molecule has 1 aromatic heterocycles. The second-order valence-electron chi connectivity index (χ2n) is 5.65. The van der Waals surface area contributed by atoms with Crippen molar-refractivity contribution in [3.05, 3.63) is 18.2 Å². The van der Waals surface area contributed by atoms with Crippen molar-refractivity contribution in [3.8, 4) is 0 Å². The molecular formula is C14H23N3S. The zero-order chi connectivity index (χ0) is 12.4. The van der Waals surface area contributed by atoms with E-state index in [0.29, 0.717) is 18.1 Å². The third kappa shape index (κ3) is 2.59. The molecule has 3 rings (SSSR count). The third-order valence-electron chi connectivity index (χ3n) is 4.20. The first-order valence-corrected chi connectivity index (χ1v) is 8.35.